The van der Waals surface area contributed by atoms with E-state index in [0.717, 1.165) is 12.3 Å². The molecule has 0 atom stereocenters. The molecule has 2 fully saturated rings. The van der Waals surface area contributed by atoms with Gasteiger partial charge in [0.05, 0.1) is 7.11 Å². The maximum Gasteiger partial charge on any atom is 0.119 e. The fourth-order valence-electron chi connectivity index (χ4n) is 4.46. The molecule has 1 spiro atoms. The highest BCUT2D eigenvalue weighted by atomic mass is 16.5. The molecule has 0 unspecified atom stereocenters. The molecule has 0 aromatic heterocycles. The van der Waals surface area contributed by atoms with Crippen LogP contribution >= 0.6 is 0 Å². The van der Waals surface area contributed by atoms with Crippen LogP contribution in [0, 0.1) is 5.41 Å². The summed E-state index contributed by atoms with van der Waals surface area (Å²) >= 11 is 0. The molecule has 104 valence electrons. The second-order valence-electron chi connectivity index (χ2n) is 6.63. The summed E-state index contributed by atoms with van der Waals surface area (Å²) < 4.78 is 5.36. The molecule has 0 heterocycles. The molecule has 0 amide bonds. The van der Waals surface area contributed by atoms with Crippen LogP contribution in [0.5, 0.6) is 5.75 Å². The normalized spacial score (nSPS) is 23.9. The fourth-order valence-corrected chi connectivity index (χ4v) is 4.46. The van der Waals surface area contributed by atoms with Gasteiger partial charge in [-0.1, -0.05) is 31.4 Å². The van der Waals surface area contributed by atoms with Gasteiger partial charge in [-0.15, -0.1) is 0 Å². The van der Waals surface area contributed by atoms with Gasteiger partial charge in [0.25, 0.3) is 0 Å². The largest absolute Gasteiger partial charge is 0.497 e. The Hall–Kier alpha value is -1.02. The van der Waals surface area contributed by atoms with Crippen molar-refractivity contribution < 1.29 is 4.74 Å². The van der Waals surface area contributed by atoms with Crippen LogP contribution in [0.25, 0.3) is 0 Å². The first kappa shape index (κ1) is 13.0. The van der Waals surface area contributed by atoms with Crippen molar-refractivity contribution in [1.82, 2.24) is 0 Å². The standard InChI is InChI=1S/C17H25NO/c1-19-15-7-5-6-14(10-15)17(13-18)11-16(12-17)8-3-2-4-9-16/h5-7,10H,2-4,8-9,11-13,18H2,1H3. The second-order valence-corrected chi connectivity index (χ2v) is 6.63. The van der Waals surface area contributed by atoms with E-state index in [0.29, 0.717) is 5.41 Å². The van der Waals surface area contributed by atoms with E-state index in [-0.39, 0.29) is 5.41 Å². The molecule has 3 rings (SSSR count). The van der Waals surface area contributed by atoms with Crippen LogP contribution in [0.2, 0.25) is 0 Å². The van der Waals surface area contributed by atoms with Crippen molar-refractivity contribution in [2.45, 2.75) is 50.4 Å². The van der Waals surface area contributed by atoms with Crippen molar-refractivity contribution >= 4 is 0 Å². The molecule has 19 heavy (non-hydrogen) atoms. The van der Waals surface area contributed by atoms with Crippen LogP contribution in [-0.4, -0.2) is 13.7 Å². The highest BCUT2D eigenvalue weighted by Gasteiger charge is 2.54. The highest BCUT2D eigenvalue weighted by molar-refractivity contribution is 5.37. The van der Waals surface area contributed by atoms with Crippen LogP contribution < -0.4 is 10.5 Å². The van der Waals surface area contributed by atoms with Gasteiger partial charge in [0, 0.05) is 12.0 Å². The monoisotopic (exact) mass is 259 g/mol. The summed E-state index contributed by atoms with van der Waals surface area (Å²) in [6.07, 6.45) is 9.65. The lowest BCUT2D eigenvalue weighted by Crippen LogP contribution is -2.54. The van der Waals surface area contributed by atoms with Gasteiger partial charge in [-0.2, -0.15) is 0 Å². The summed E-state index contributed by atoms with van der Waals surface area (Å²) in [5.41, 5.74) is 8.35. The van der Waals surface area contributed by atoms with E-state index >= 15 is 0 Å². The zero-order chi connectivity index (χ0) is 13.3. The Morgan fingerprint density at radius 3 is 2.53 bits per heavy atom. The minimum Gasteiger partial charge on any atom is -0.497 e. The molecule has 0 bridgehead atoms. The van der Waals surface area contributed by atoms with Gasteiger partial charge in [0.2, 0.25) is 0 Å². The third-order valence-corrected chi connectivity index (χ3v) is 5.41. The summed E-state index contributed by atoms with van der Waals surface area (Å²) in [7, 11) is 1.73. The number of methoxy groups -OCH3 is 1. The van der Waals surface area contributed by atoms with Gasteiger partial charge in [0.15, 0.2) is 0 Å². The number of rotatable bonds is 3. The van der Waals surface area contributed by atoms with Gasteiger partial charge < -0.3 is 10.5 Å². The maximum absolute atomic E-state index is 6.14. The molecule has 1 aromatic rings. The minimum absolute atomic E-state index is 0.214. The van der Waals surface area contributed by atoms with E-state index in [1.807, 2.05) is 6.07 Å². The summed E-state index contributed by atoms with van der Waals surface area (Å²) in [5.74, 6) is 0.954. The van der Waals surface area contributed by atoms with Crippen molar-refractivity contribution in [1.29, 1.82) is 0 Å². The van der Waals surface area contributed by atoms with Crippen LogP contribution in [0.3, 0.4) is 0 Å². The molecule has 2 aliphatic rings. The van der Waals surface area contributed by atoms with Crippen LogP contribution in [0.1, 0.15) is 50.5 Å². The molecule has 0 aliphatic heterocycles. The summed E-state index contributed by atoms with van der Waals surface area (Å²) in [6, 6.07) is 8.52. The third kappa shape index (κ3) is 2.16. The van der Waals surface area contributed by atoms with E-state index in [9.17, 15) is 0 Å². The van der Waals surface area contributed by atoms with E-state index in [1.165, 1.54) is 50.5 Å². The van der Waals surface area contributed by atoms with E-state index < -0.39 is 0 Å². The first-order valence-electron chi connectivity index (χ1n) is 7.57. The SMILES string of the molecule is COc1cccc(C2(CN)CC3(CCCCC3)C2)c1. The van der Waals surface area contributed by atoms with E-state index in [4.69, 9.17) is 10.5 Å². The van der Waals surface area contributed by atoms with Gasteiger partial charge in [-0.3, -0.25) is 0 Å². The molecule has 0 saturated heterocycles. The van der Waals surface area contributed by atoms with Crippen molar-refractivity contribution in [3.05, 3.63) is 29.8 Å². The average Bonchev–Trinajstić information content (AvgIpc) is 2.45. The Balaban J connectivity index is 1.81. The molecule has 2 heteroatoms. The van der Waals surface area contributed by atoms with Crippen LogP contribution in [-0.2, 0) is 5.41 Å². The smallest absolute Gasteiger partial charge is 0.119 e. The van der Waals surface area contributed by atoms with Gasteiger partial charge in [-0.25, -0.2) is 0 Å². The maximum atomic E-state index is 6.14. The van der Waals surface area contributed by atoms with Crippen molar-refractivity contribution in [2.24, 2.45) is 11.1 Å². The molecule has 0 radical (unpaired) electrons. The Kier molecular flexibility index (Phi) is 3.30. The van der Waals surface area contributed by atoms with Gasteiger partial charge in [0.1, 0.15) is 5.75 Å². The molecule has 2 aliphatic carbocycles. The van der Waals surface area contributed by atoms with E-state index in [1.54, 1.807) is 7.11 Å². The molecule has 1 aromatic carbocycles. The van der Waals surface area contributed by atoms with E-state index in [2.05, 4.69) is 18.2 Å². The van der Waals surface area contributed by atoms with Crippen molar-refractivity contribution in [2.75, 3.05) is 13.7 Å². The molecule has 2 nitrogen and oxygen atoms in total. The number of hydrogen-bond acceptors (Lipinski definition) is 2. The summed E-state index contributed by atoms with van der Waals surface area (Å²) in [4.78, 5) is 0. The summed E-state index contributed by atoms with van der Waals surface area (Å²) in [6.45, 7) is 0.766. The Bertz CT molecular complexity index is 440. The quantitative estimate of drug-likeness (QED) is 0.899. The Morgan fingerprint density at radius 2 is 1.89 bits per heavy atom. The van der Waals surface area contributed by atoms with Gasteiger partial charge in [-0.05, 0) is 48.8 Å². The molecule has 2 saturated carbocycles. The average molecular weight is 259 g/mol. The topological polar surface area (TPSA) is 35.2 Å². The first-order chi connectivity index (χ1) is 9.22. The Labute approximate surface area is 116 Å². The number of nitrogens with two attached hydrogens (primary N) is 1. The predicted molar refractivity (Wildman–Crippen MR) is 78.5 cm³/mol. The lowest BCUT2D eigenvalue weighted by molar-refractivity contribution is -0.00842. The Morgan fingerprint density at radius 1 is 1.16 bits per heavy atom. The van der Waals surface area contributed by atoms with Crippen LogP contribution in [0.4, 0.5) is 0 Å². The van der Waals surface area contributed by atoms with Crippen molar-refractivity contribution in [3.8, 4) is 5.75 Å². The second kappa shape index (κ2) is 4.82. The fraction of sp³-hybridized carbons (Fsp3) is 0.647. The number of ether oxygens (including phenoxy) is 1. The molecule has 2 N–H and O–H groups in total. The number of hydrogen-bond donors (Lipinski definition) is 1. The predicted octanol–water partition coefficient (Wildman–Crippen LogP) is 3.64. The minimum atomic E-state index is 0.214. The third-order valence-electron chi connectivity index (χ3n) is 5.41. The lowest BCUT2D eigenvalue weighted by atomic mass is 9.46. The number of benzene rings is 1. The molecular weight excluding hydrogens is 234 g/mol. The van der Waals surface area contributed by atoms with Gasteiger partial charge >= 0.3 is 0 Å². The zero-order valence-electron chi connectivity index (χ0n) is 12.0. The zero-order valence-corrected chi connectivity index (χ0v) is 12.0. The lowest BCUT2D eigenvalue weighted by Gasteiger charge is -2.58. The molecular formula is C17H25NO. The van der Waals surface area contributed by atoms with Crippen molar-refractivity contribution in [3.63, 3.8) is 0 Å². The first-order valence-corrected chi connectivity index (χ1v) is 7.57. The van der Waals surface area contributed by atoms with Crippen LogP contribution in [0.15, 0.2) is 24.3 Å². The highest BCUT2D eigenvalue weighted by Crippen LogP contribution is 2.61. The summed E-state index contributed by atoms with van der Waals surface area (Å²) in [5, 5.41) is 0.